The Balaban J connectivity index is 2.02. The molecule has 116 valence electrons. The van der Waals surface area contributed by atoms with Crippen LogP contribution in [0.3, 0.4) is 0 Å². The van der Waals surface area contributed by atoms with Gasteiger partial charge in [-0.1, -0.05) is 6.07 Å². The third-order valence-electron chi connectivity index (χ3n) is 3.89. The van der Waals surface area contributed by atoms with E-state index in [-0.39, 0.29) is 11.9 Å². The molecule has 21 heavy (non-hydrogen) atoms. The molecular weight excluding hydrogens is 270 g/mol. The van der Waals surface area contributed by atoms with E-state index in [1.54, 1.807) is 14.2 Å². The van der Waals surface area contributed by atoms with Gasteiger partial charge in [0.2, 0.25) is 0 Å². The minimum atomic E-state index is -0.105. The van der Waals surface area contributed by atoms with Crippen molar-refractivity contribution < 1.29 is 19.0 Å². The summed E-state index contributed by atoms with van der Waals surface area (Å²) in [6.07, 6.45) is 1.93. The second-order valence-electron chi connectivity index (χ2n) is 5.29. The van der Waals surface area contributed by atoms with Crippen LogP contribution >= 0.6 is 0 Å². The van der Waals surface area contributed by atoms with Crippen molar-refractivity contribution in [2.45, 2.75) is 19.4 Å². The molecule has 1 fully saturated rings. The van der Waals surface area contributed by atoms with Crippen molar-refractivity contribution in [2.24, 2.45) is 5.92 Å². The number of likely N-dealkylation sites (tertiary alicyclic amines) is 1. The average molecular weight is 293 g/mol. The van der Waals surface area contributed by atoms with Gasteiger partial charge in [0.25, 0.3) is 0 Å². The molecule has 1 saturated heterocycles. The Morgan fingerprint density at radius 1 is 1.24 bits per heavy atom. The van der Waals surface area contributed by atoms with Gasteiger partial charge in [-0.25, -0.2) is 0 Å². The molecule has 0 bridgehead atoms. The lowest BCUT2D eigenvalue weighted by atomic mass is 9.98. The highest BCUT2D eigenvalue weighted by Gasteiger charge is 2.26. The molecule has 0 amide bonds. The molecule has 0 N–H and O–H groups in total. The predicted molar refractivity (Wildman–Crippen MR) is 79.6 cm³/mol. The summed E-state index contributed by atoms with van der Waals surface area (Å²) in [5.41, 5.74) is 1.15. The van der Waals surface area contributed by atoms with Crippen LogP contribution < -0.4 is 9.47 Å². The van der Waals surface area contributed by atoms with Gasteiger partial charge in [0.1, 0.15) is 0 Å². The lowest BCUT2D eigenvalue weighted by Crippen LogP contribution is -2.38. The zero-order valence-corrected chi connectivity index (χ0v) is 12.9. The SMILES string of the molecule is COC(=O)[C@H]1CCCN(Cc2ccc(OC)c(OC)c2)C1. The van der Waals surface area contributed by atoms with Crippen LogP contribution in [-0.2, 0) is 16.1 Å². The number of piperidine rings is 1. The number of carbonyl (C=O) groups excluding carboxylic acids is 1. The quantitative estimate of drug-likeness (QED) is 0.778. The molecule has 1 atom stereocenters. The summed E-state index contributed by atoms with van der Waals surface area (Å²) in [5.74, 6) is 1.35. The molecule has 1 aromatic rings. The van der Waals surface area contributed by atoms with Crippen LogP contribution in [0.15, 0.2) is 18.2 Å². The van der Waals surface area contributed by atoms with Gasteiger partial charge in [0.15, 0.2) is 11.5 Å². The number of nitrogens with zero attached hydrogens (tertiary/aromatic N) is 1. The maximum absolute atomic E-state index is 11.7. The number of ether oxygens (including phenoxy) is 3. The van der Waals surface area contributed by atoms with E-state index in [9.17, 15) is 4.79 Å². The maximum Gasteiger partial charge on any atom is 0.309 e. The standard InChI is InChI=1S/C16H23NO4/c1-19-14-7-6-12(9-15(14)20-2)10-17-8-4-5-13(11-17)16(18)21-3/h6-7,9,13H,4-5,8,10-11H2,1-3H3/t13-/m0/s1. The largest absolute Gasteiger partial charge is 0.493 e. The molecule has 5 nitrogen and oxygen atoms in total. The molecule has 5 heteroatoms. The topological polar surface area (TPSA) is 48.0 Å². The molecule has 0 spiro atoms. The highest BCUT2D eigenvalue weighted by molar-refractivity contribution is 5.72. The molecule has 1 heterocycles. The monoisotopic (exact) mass is 293 g/mol. The molecule has 1 aliphatic rings. The summed E-state index contributed by atoms with van der Waals surface area (Å²) in [7, 11) is 4.72. The lowest BCUT2D eigenvalue weighted by molar-refractivity contribution is -0.147. The summed E-state index contributed by atoms with van der Waals surface area (Å²) in [4.78, 5) is 13.9. The molecule has 0 aliphatic carbocycles. The second kappa shape index (κ2) is 7.31. The first-order valence-corrected chi connectivity index (χ1v) is 7.19. The molecular formula is C16H23NO4. The molecule has 1 aromatic carbocycles. The first kappa shape index (κ1) is 15.6. The van der Waals surface area contributed by atoms with Crippen LogP contribution in [0.4, 0.5) is 0 Å². The Bertz CT molecular complexity index is 489. The highest BCUT2D eigenvalue weighted by Crippen LogP contribution is 2.28. The number of esters is 1. The van der Waals surface area contributed by atoms with Gasteiger partial charge in [-0.05, 0) is 37.1 Å². The Hall–Kier alpha value is -1.75. The Morgan fingerprint density at radius 2 is 2.00 bits per heavy atom. The number of methoxy groups -OCH3 is 3. The number of hydrogen-bond acceptors (Lipinski definition) is 5. The van der Waals surface area contributed by atoms with E-state index in [1.165, 1.54) is 7.11 Å². The van der Waals surface area contributed by atoms with Crippen LogP contribution in [-0.4, -0.2) is 45.3 Å². The van der Waals surface area contributed by atoms with Crippen molar-refractivity contribution in [2.75, 3.05) is 34.4 Å². The van der Waals surface area contributed by atoms with Gasteiger partial charge in [0, 0.05) is 13.1 Å². The number of benzene rings is 1. The minimum Gasteiger partial charge on any atom is -0.493 e. The van der Waals surface area contributed by atoms with E-state index in [4.69, 9.17) is 14.2 Å². The van der Waals surface area contributed by atoms with Gasteiger partial charge in [-0.15, -0.1) is 0 Å². The van der Waals surface area contributed by atoms with Crippen molar-refractivity contribution in [3.63, 3.8) is 0 Å². The van der Waals surface area contributed by atoms with Crippen LogP contribution in [0.2, 0.25) is 0 Å². The van der Waals surface area contributed by atoms with E-state index in [0.29, 0.717) is 0 Å². The predicted octanol–water partition coefficient (Wildman–Crippen LogP) is 2.09. The molecule has 0 radical (unpaired) electrons. The summed E-state index contributed by atoms with van der Waals surface area (Å²) >= 11 is 0. The summed E-state index contributed by atoms with van der Waals surface area (Å²) < 4.78 is 15.4. The molecule has 0 aromatic heterocycles. The smallest absolute Gasteiger partial charge is 0.309 e. The zero-order valence-electron chi connectivity index (χ0n) is 12.9. The molecule has 0 saturated carbocycles. The first-order chi connectivity index (χ1) is 10.2. The third kappa shape index (κ3) is 3.88. The fourth-order valence-electron chi connectivity index (χ4n) is 2.80. The molecule has 1 aliphatic heterocycles. The second-order valence-corrected chi connectivity index (χ2v) is 5.29. The van der Waals surface area contributed by atoms with E-state index in [0.717, 1.165) is 49.5 Å². The minimum absolute atomic E-state index is 0.0103. The average Bonchev–Trinajstić information content (AvgIpc) is 2.54. The lowest BCUT2D eigenvalue weighted by Gasteiger charge is -2.31. The van der Waals surface area contributed by atoms with Gasteiger partial charge < -0.3 is 14.2 Å². The van der Waals surface area contributed by atoms with Crippen LogP contribution in [0.5, 0.6) is 11.5 Å². The Labute approximate surface area is 125 Å². The number of carbonyl (C=O) groups is 1. The van der Waals surface area contributed by atoms with Crippen LogP contribution in [0.1, 0.15) is 18.4 Å². The van der Waals surface area contributed by atoms with Crippen molar-refractivity contribution >= 4 is 5.97 Å². The third-order valence-corrected chi connectivity index (χ3v) is 3.89. The summed E-state index contributed by atoms with van der Waals surface area (Å²) in [5, 5.41) is 0. The van der Waals surface area contributed by atoms with E-state index >= 15 is 0 Å². The number of rotatable bonds is 5. The fraction of sp³-hybridized carbons (Fsp3) is 0.562. The summed E-state index contributed by atoms with van der Waals surface area (Å²) in [6, 6.07) is 5.93. The van der Waals surface area contributed by atoms with Gasteiger partial charge in [0.05, 0.1) is 27.2 Å². The summed E-state index contributed by atoms with van der Waals surface area (Å²) in [6.45, 7) is 2.55. The van der Waals surface area contributed by atoms with E-state index < -0.39 is 0 Å². The van der Waals surface area contributed by atoms with Gasteiger partial charge in [-0.2, -0.15) is 0 Å². The van der Waals surface area contributed by atoms with Crippen molar-refractivity contribution in [3.05, 3.63) is 23.8 Å². The molecule has 0 unspecified atom stereocenters. The normalized spacial score (nSPS) is 19.1. The van der Waals surface area contributed by atoms with Crippen molar-refractivity contribution in [1.82, 2.24) is 4.90 Å². The Morgan fingerprint density at radius 3 is 2.67 bits per heavy atom. The van der Waals surface area contributed by atoms with Crippen molar-refractivity contribution in [3.8, 4) is 11.5 Å². The fourth-order valence-corrected chi connectivity index (χ4v) is 2.80. The van der Waals surface area contributed by atoms with E-state index in [2.05, 4.69) is 4.90 Å². The van der Waals surface area contributed by atoms with Gasteiger partial charge in [-0.3, -0.25) is 9.69 Å². The first-order valence-electron chi connectivity index (χ1n) is 7.19. The maximum atomic E-state index is 11.7. The van der Waals surface area contributed by atoms with Crippen LogP contribution in [0.25, 0.3) is 0 Å². The Kier molecular flexibility index (Phi) is 5.44. The van der Waals surface area contributed by atoms with E-state index in [1.807, 2.05) is 18.2 Å². The molecule has 2 rings (SSSR count). The van der Waals surface area contributed by atoms with Crippen molar-refractivity contribution in [1.29, 1.82) is 0 Å². The highest BCUT2D eigenvalue weighted by atomic mass is 16.5. The van der Waals surface area contributed by atoms with Crippen LogP contribution in [0, 0.1) is 5.92 Å². The number of hydrogen-bond donors (Lipinski definition) is 0. The zero-order chi connectivity index (χ0) is 15.2. The van der Waals surface area contributed by atoms with Gasteiger partial charge >= 0.3 is 5.97 Å².